The Kier molecular flexibility index (Phi) is 3.79. The molecule has 1 atom stereocenters. The van der Waals surface area contributed by atoms with Gasteiger partial charge in [-0.3, -0.25) is 9.59 Å². The van der Waals surface area contributed by atoms with Crippen LogP contribution in [0.15, 0.2) is 10.9 Å². The Hall–Kier alpha value is -1.65. The maximum absolute atomic E-state index is 11.9. The van der Waals surface area contributed by atoms with Gasteiger partial charge in [-0.15, -0.1) is 0 Å². The number of nitrogens with one attached hydrogen (secondary N) is 1. The molecule has 1 aromatic heterocycles. The number of aromatic nitrogens is 2. The van der Waals surface area contributed by atoms with Gasteiger partial charge < -0.3 is 9.88 Å². The minimum Gasteiger partial charge on any atom is -0.334 e. The molecule has 18 heavy (non-hydrogen) atoms. The molecule has 0 spiro atoms. The summed E-state index contributed by atoms with van der Waals surface area (Å²) in [7, 11) is 0. The minimum atomic E-state index is -0.146. The predicted octanol–water partition coefficient (Wildman–Crippen LogP) is 1.54. The van der Waals surface area contributed by atoms with E-state index in [1.807, 2.05) is 11.8 Å². The fourth-order valence-corrected chi connectivity index (χ4v) is 2.51. The summed E-state index contributed by atoms with van der Waals surface area (Å²) in [5.74, 6) is 0.742. The van der Waals surface area contributed by atoms with Crippen molar-refractivity contribution in [1.82, 2.24) is 14.9 Å². The lowest BCUT2D eigenvalue weighted by atomic mass is 9.98. The van der Waals surface area contributed by atoms with E-state index in [1.165, 1.54) is 6.07 Å². The van der Waals surface area contributed by atoms with Crippen LogP contribution in [-0.2, 0) is 4.79 Å². The lowest BCUT2D eigenvalue weighted by Gasteiger charge is -2.35. The van der Waals surface area contributed by atoms with Crippen molar-refractivity contribution in [1.29, 1.82) is 0 Å². The molecule has 1 saturated heterocycles. The summed E-state index contributed by atoms with van der Waals surface area (Å²) in [5.41, 5.74) is 0.574. The molecule has 0 bridgehead atoms. The molecule has 2 rings (SSSR count). The molecule has 2 heterocycles. The molecule has 98 valence electrons. The minimum absolute atomic E-state index is 0.0350. The summed E-state index contributed by atoms with van der Waals surface area (Å²) in [5, 5.41) is 0. The van der Waals surface area contributed by atoms with Crippen LogP contribution >= 0.6 is 0 Å². The number of carbonyl (C=O) groups is 1. The third kappa shape index (κ3) is 2.60. The van der Waals surface area contributed by atoms with Crippen molar-refractivity contribution in [3.63, 3.8) is 0 Å². The molecule has 0 aliphatic carbocycles. The van der Waals surface area contributed by atoms with Crippen LogP contribution in [0.3, 0.4) is 0 Å². The molecule has 0 aromatic carbocycles. The van der Waals surface area contributed by atoms with E-state index < -0.39 is 0 Å². The number of hydrogen-bond donors (Lipinski definition) is 1. The van der Waals surface area contributed by atoms with Crippen molar-refractivity contribution in [2.75, 3.05) is 6.54 Å². The molecule has 1 fully saturated rings. The molecule has 1 unspecified atom stereocenters. The average molecular weight is 249 g/mol. The first-order chi connectivity index (χ1) is 8.61. The van der Waals surface area contributed by atoms with E-state index >= 15 is 0 Å². The monoisotopic (exact) mass is 249 g/mol. The maximum atomic E-state index is 11.9. The van der Waals surface area contributed by atoms with Crippen molar-refractivity contribution in [3.05, 3.63) is 27.9 Å². The number of piperidine rings is 1. The summed E-state index contributed by atoms with van der Waals surface area (Å²) >= 11 is 0. The van der Waals surface area contributed by atoms with E-state index in [9.17, 15) is 9.59 Å². The summed E-state index contributed by atoms with van der Waals surface area (Å²) in [6, 6.07) is 1.48. The topological polar surface area (TPSA) is 66.1 Å². The highest BCUT2D eigenvalue weighted by Crippen LogP contribution is 2.29. The van der Waals surface area contributed by atoms with Gasteiger partial charge in [-0.2, -0.15) is 0 Å². The van der Waals surface area contributed by atoms with E-state index in [4.69, 9.17) is 0 Å². The van der Waals surface area contributed by atoms with Crippen molar-refractivity contribution in [2.45, 2.75) is 45.6 Å². The Morgan fingerprint density at radius 3 is 3.00 bits per heavy atom. The second-order valence-corrected chi connectivity index (χ2v) is 4.71. The zero-order chi connectivity index (χ0) is 13.1. The number of carbonyl (C=O) groups excluding carboxylic acids is 1. The van der Waals surface area contributed by atoms with E-state index in [0.717, 1.165) is 31.5 Å². The van der Waals surface area contributed by atoms with Crippen LogP contribution in [-0.4, -0.2) is 27.3 Å². The van der Waals surface area contributed by atoms with Gasteiger partial charge in [-0.05, 0) is 26.2 Å². The number of aromatic amines is 1. The first kappa shape index (κ1) is 12.8. The molecule has 1 aliphatic rings. The quantitative estimate of drug-likeness (QED) is 0.864. The lowest BCUT2D eigenvalue weighted by molar-refractivity contribution is -0.134. The van der Waals surface area contributed by atoms with Gasteiger partial charge in [0.15, 0.2) is 0 Å². The van der Waals surface area contributed by atoms with Crippen molar-refractivity contribution in [2.24, 2.45) is 0 Å². The van der Waals surface area contributed by atoms with Crippen molar-refractivity contribution in [3.8, 4) is 0 Å². The highest BCUT2D eigenvalue weighted by Gasteiger charge is 2.28. The van der Waals surface area contributed by atoms with Gasteiger partial charge in [0.05, 0.1) is 11.7 Å². The molecule has 0 radical (unpaired) electrons. The van der Waals surface area contributed by atoms with Gasteiger partial charge in [0.2, 0.25) is 5.91 Å². The van der Waals surface area contributed by atoms with Gasteiger partial charge in [-0.25, -0.2) is 4.98 Å². The number of H-pyrrole nitrogens is 1. The third-order valence-electron chi connectivity index (χ3n) is 3.35. The van der Waals surface area contributed by atoms with E-state index in [0.29, 0.717) is 12.2 Å². The zero-order valence-corrected chi connectivity index (χ0v) is 10.9. The van der Waals surface area contributed by atoms with Gasteiger partial charge >= 0.3 is 0 Å². The smallest absolute Gasteiger partial charge is 0.251 e. The van der Waals surface area contributed by atoms with E-state index in [1.54, 1.807) is 6.92 Å². The number of hydrogen-bond acceptors (Lipinski definition) is 3. The van der Waals surface area contributed by atoms with Crippen LogP contribution in [0.5, 0.6) is 0 Å². The predicted molar refractivity (Wildman–Crippen MR) is 68.2 cm³/mol. The second-order valence-electron chi connectivity index (χ2n) is 4.71. The normalized spacial score (nSPS) is 19.9. The zero-order valence-electron chi connectivity index (χ0n) is 10.9. The van der Waals surface area contributed by atoms with E-state index in [-0.39, 0.29) is 17.5 Å². The molecule has 5 nitrogen and oxygen atoms in total. The second kappa shape index (κ2) is 5.33. The van der Waals surface area contributed by atoms with Gasteiger partial charge in [0.1, 0.15) is 5.82 Å². The Balaban J connectivity index is 2.33. The number of amides is 1. The third-order valence-corrected chi connectivity index (χ3v) is 3.35. The highest BCUT2D eigenvalue weighted by atomic mass is 16.2. The van der Waals surface area contributed by atoms with Crippen molar-refractivity contribution >= 4 is 5.91 Å². The van der Waals surface area contributed by atoms with Crippen LogP contribution in [0, 0.1) is 6.92 Å². The summed E-state index contributed by atoms with van der Waals surface area (Å²) in [6.07, 6.45) is 3.50. The maximum Gasteiger partial charge on any atom is 0.251 e. The number of rotatable bonds is 2. The van der Waals surface area contributed by atoms with Crippen LogP contribution in [0.25, 0.3) is 0 Å². The largest absolute Gasteiger partial charge is 0.334 e. The van der Waals surface area contributed by atoms with Gasteiger partial charge in [0, 0.05) is 19.0 Å². The van der Waals surface area contributed by atoms with Crippen LogP contribution in [0.1, 0.15) is 50.2 Å². The summed E-state index contributed by atoms with van der Waals surface area (Å²) in [4.78, 5) is 32.3. The molecule has 1 amide bonds. The van der Waals surface area contributed by atoms with Crippen LogP contribution < -0.4 is 5.56 Å². The van der Waals surface area contributed by atoms with Gasteiger partial charge in [-0.1, -0.05) is 6.92 Å². The lowest BCUT2D eigenvalue weighted by Crippen LogP contribution is -2.39. The first-order valence-corrected chi connectivity index (χ1v) is 6.49. The van der Waals surface area contributed by atoms with Crippen molar-refractivity contribution < 1.29 is 4.79 Å². The molecule has 1 aromatic rings. The molecule has 1 N–H and O–H groups in total. The van der Waals surface area contributed by atoms with Crippen LogP contribution in [0.4, 0.5) is 0 Å². The van der Waals surface area contributed by atoms with Crippen LogP contribution in [0.2, 0.25) is 0 Å². The fourth-order valence-electron chi connectivity index (χ4n) is 2.51. The van der Waals surface area contributed by atoms with Gasteiger partial charge in [0.25, 0.3) is 5.56 Å². The number of likely N-dealkylation sites (tertiary alicyclic amines) is 1. The Labute approximate surface area is 106 Å². The highest BCUT2D eigenvalue weighted by molar-refractivity contribution is 5.76. The fraction of sp³-hybridized carbons (Fsp3) is 0.615. The molecule has 1 aliphatic heterocycles. The molecular formula is C13H19N3O2. The molecule has 0 saturated carbocycles. The number of aryl methyl sites for hydroxylation is 1. The Bertz CT molecular complexity index is 495. The standard InChI is InChI=1S/C13H19N3O2/c1-3-13(18)16-7-5-4-6-11(16)10-8-12(17)15-9(2)14-10/h8,11H,3-7H2,1-2H3,(H,14,15,17). The summed E-state index contributed by atoms with van der Waals surface area (Å²) in [6.45, 7) is 4.40. The van der Waals surface area contributed by atoms with E-state index in [2.05, 4.69) is 9.97 Å². The SMILES string of the molecule is CCC(=O)N1CCCCC1c1cc(=O)[nH]c(C)n1. The number of nitrogens with zero attached hydrogens (tertiary/aromatic N) is 2. The average Bonchev–Trinajstić information content (AvgIpc) is 2.36. The first-order valence-electron chi connectivity index (χ1n) is 6.49. The Morgan fingerprint density at radius 2 is 2.33 bits per heavy atom. The molecule has 5 heteroatoms. The summed E-state index contributed by atoms with van der Waals surface area (Å²) < 4.78 is 0. The molecular weight excluding hydrogens is 230 g/mol. The Morgan fingerprint density at radius 1 is 1.56 bits per heavy atom.